The molecule has 6 rings (SSSR count). The number of tetrazole rings is 1. The molecule has 44 nitrogen and oxygen atoms in total. The summed E-state index contributed by atoms with van der Waals surface area (Å²) < 4.78 is 21.5. The number of primary amides is 1. The Morgan fingerprint density at radius 3 is 1.80 bits per heavy atom. The van der Waals surface area contributed by atoms with Crippen molar-refractivity contribution < 1.29 is 96.4 Å². The number of nitrogens with two attached hydrogens (primary N) is 2. The van der Waals surface area contributed by atoms with Crippen molar-refractivity contribution in [3.63, 3.8) is 0 Å². The van der Waals surface area contributed by atoms with Gasteiger partial charge in [-0.2, -0.15) is 5.21 Å². The Balaban J connectivity index is 1.13. The lowest BCUT2D eigenvalue weighted by Crippen LogP contribution is -2.67. The predicted octanol–water partition coefficient (Wildman–Crippen LogP) is -3.85. The first kappa shape index (κ1) is 102. The van der Waals surface area contributed by atoms with Gasteiger partial charge in [0, 0.05) is 62.1 Å². The van der Waals surface area contributed by atoms with Crippen LogP contribution in [0, 0.1) is 11.2 Å². The van der Waals surface area contributed by atoms with E-state index in [1.807, 2.05) is 37.3 Å². The summed E-state index contributed by atoms with van der Waals surface area (Å²) >= 11 is 0. The van der Waals surface area contributed by atoms with Gasteiger partial charge in [0.15, 0.2) is 5.82 Å². The molecule has 0 aliphatic carbocycles. The minimum Gasteiger partial charge on any atom is -0.494 e. The number of halogens is 1. The summed E-state index contributed by atoms with van der Waals surface area (Å²) in [6, 6.07) is 13.0. The molecule has 10 atom stereocenters. The second-order valence-corrected chi connectivity index (χ2v) is 30.4. The number of aryl methyl sites for hydroxylation is 2. The zero-order chi connectivity index (χ0) is 93.3. The molecular formula is C82H112FN25O19. The fourth-order valence-corrected chi connectivity index (χ4v) is 12.5. The summed E-state index contributed by atoms with van der Waals surface area (Å²) in [5, 5.41) is 83.7. The summed E-state index contributed by atoms with van der Waals surface area (Å²) in [5.74, 6) is -14.3. The summed E-state index contributed by atoms with van der Waals surface area (Å²) in [6.45, 7) is 6.58. The van der Waals surface area contributed by atoms with Gasteiger partial charge in [-0.05, 0) is 142 Å². The van der Waals surface area contributed by atoms with Gasteiger partial charge in [-0.1, -0.05) is 97.0 Å². The number of unbranched alkanes of at least 4 members (excludes halogenated alkanes) is 1. The lowest BCUT2D eigenvalue weighted by Gasteiger charge is -2.34. The van der Waals surface area contributed by atoms with Crippen LogP contribution in [0.5, 0.6) is 5.75 Å². The van der Waals surface area contributed by atoms with Crippen molar-refractivity contribution in [1.82, 2.24) is 105 Å². The maximum atomic E-state index is 15.6. The minimum atomic E-state index is -2.38. The average molecular weight is 1770 g/mol. The number of aliphatic hydroxyl groups is 3. The third-order valence-corrected chi connectivity index (χ3v) is 20.0. The van der Waals surface area contributed by atoms with Gasteiger partial charge < -0.3 is 111 Å². The Morgan fingerprint density at radius 2 is 1.20 bits per heavy atom. The lowest BCUT2D eigenvalue weighted by atomic mass is 9.90. The van der Waals surface area contributed by atoms with Gasteiger partial charge in [0.25, 0.3) is 0 Å². The topological polar surface area (TPSA) is 678 Å². The van der Waals surface area contributed by atoms with E-state index in [4.69, 9.17) is 21.7 Å². The van der Waals surface area contributed by atoms with Crippen molar-refractivity contribution in [2.75, 3.05) is 59.0 Å². The number of aromatic amines is 2. The maximum absolute atomic E-state index is 15.6. The molecule has 45 heteroatoms. The van der Waals surface area contributed by atoms with E-state index in [9.17, 15) is 87.2 Å². The second-order valence-electron chi connectivity index (χ2n) is 30.4. The quantitative estimate of drug-likeness (QED) is 0.00572. The smallest absolute Gasteiger partial charge is 0.246 e. The molecule has 127 heavy (non-hydrogen) atoms. The lowest BCUT2D eigenvalue weighted by molar-refractivity contribution is -0.143. The molecule has 2 heterocycles. The van der Waals surface area contributed by atoms with Crippen LogP contribution in [-0.4, -0.2) is 254 Å². The molecule has 0 bridgehead atoms. The van der Waals surface area contributed by atoms with Crippen LogP contribution >= 0.6 is 0 Å². The number of amides is 15. The molecule has 2 aromatic heterocycles. The number of nitrogens with zero attached hydrogens (tertiary/aromatic N) is 7. The van der Waals surface area contributed by atoms with Crippen molar-refractivity contribution in [3.8, 4) is 16.9 Å². The Bertz CT molecular complexity index is 4780. The molecule has 0 radical (unpaired) electrons. The van der Waals surface area contributed by atoms with E-state index < -0.39 is 206 Å². The van der Waals surface area contributed by atoms with E-state index in [1.165, 1.54) is 45.3 Å². The van der Waals surface area contributed by atoms with Crippen LogP contribution in [0.1, 0.15) is 120 Å². The Hall–Kier alpha value is -13.9. The molecular weight excluding hydrogens is 1660 g/mol. The first-order valence-electron chi connectivity index (χ1n) is 40.9. The largest absolute Gasteiger partial charge is 0.494 e. The first-order chi connectivity index (χ1) is 60.5. The summed E-state index contributed by atoms with van der Waals surface area (Å²) in [6.07, 6.45) is 0.814. The highest BCUT2D eigenvalue weighted by Gasteiger charge is 2.43. The SMILES string of the molecule is CCc1cc(OCCCCN=[N+]=[N-])ccc1-c1ccc(C[C@H](NC(=O)[C@H](CC)NC(=O)[C@H](CO)NC(=O)[C@@H](NC(=O)[C@](C)(Cc2ccccc2F)NC(=O)[C@@H](NC(=O)CNC(=O)[C@H](Cc2nn[nH]n2)NC(=O)C(C)(C)C(=O)NCCc2cnc[nH]2)[C@@H](C)O)[C@@H](C)O)C(=O)N[C@@H](CCCc2ccc(CNC(=O)CNC(=O)CNC(=O)CNC(=O)CN)cc2)C(N)=O)cc1. The standard InChI is InChI=1S/C82H112FN25O19/c1-8-51-34-55(127-32-13-12-30-95-106-86)27-28-56(51)52-25-23-49(24-26-52)33-60(74(120)97-59(71(85)117)18-14-15-48-19-21-50(22-20-48)38-89-65(113)41-91-67(115)42-92-66(114)40-90-64(112)37-84)98-73(119)58(9-2)96-75(121)62(44-109)99-76(122)69(46(3)110)102-80(126)82(7,36-53-16-10-11-17-57(53)83)103-77(123)70(47(4)111)101-68(116)43-93-72(118)61(35-63-104-107-108-105-63)100-79(125)81(5,6)78(124)88-31-29-54-39-87-45-94-54/h10-11,16-17,19-28,34,39,45-47,58-62,69-70,109-111H,8-9,12-15,18,29-33,35-38,40-44,84H2,1-7H3,(H2,85,117)(H,87,94)(H,88,124)(H,89,113)(H,90,112)(H,91,115)(H,92,114)(H,93,118)(H,96,121)(H,97,120)(H,98,119)(H,99,122)(H,100,125)(H,101,116)(H,102,126)(H,103,123)(H,104,105,107,108)/t46-,47-,58+,59+,60+,61+,62+,69+,70+,82+/m1/s1. The number of azide groups is 1. The zero-order valence-corrected chi connectivity index (χ0v) is 71.4. The molecule has 23 N–H and O–H groups in total. The Kier molecular flexibility index (Phi) is 41.2. The molecule has 0 spiro atoms. The second kappa shape index (κ2) is 51.4. The van der Waals surface area contributed by atoms with Crippen LogP contribution in [0.3, 0.4) is 0 Å². The normalized spacial score (nSPS) is 13.7. The number of aromatic nitrogens is 6. The molecule has 0 saturated carbocycles. The number of carbonyl (C=O) groups excluding carboxylic acids is 15. The fourth-order valence-electron chi connectivity index (χ4n) is 12.5. The number of carbonyl (C=O) groups is 15. The predicted molar refractivity (Wildman–Crippen MR) is 453 cm³/mol. The van der Waals surface area contributed by atoms with Gasteiger partial charge in [0.05, 0.1) is 64.5 Å². The number of H-pyrrole nitrogens is 2. The van der Waals surface area contributed by atoms with Crippen molar-refractivity contribution in [2.24, 2.45) is 22.0 Å². The molecule has 6 aromatic rings. The molecule has 0 aliphatic rings. The summed E-state index contributed by atoms with van der Waals surface area (Å²) in [4.78, 5) is 212. The number of benzene rings is 4. The highest BCUT2D eigenvalue weighted by molar-refractivity contribution is 6.06. The van der Waals surface area contributed by atoms with Gasteiger partial charge in [-0.15, -0.1) is 10.2 Å². The number of hydrogen-bond donors (Lipinski definition) is 21. The van der Waals surface area contributed by atoms with E-state index >= 15 is 4.39 Å². The van der Waals surface area contributed by atoms with E-state index in [1.54, 1.807) is 42.6 Å². The zero-order valence-electron chi connectivity index (χ0n) is 71.4. The van der Waals surface area contributed by atoms with Gasteiger partial charge in [0.1, 0.15) is 64.8 Å². The van der Waals surface area contributed by atoms with Gasteiger partial charge in [-0.25, -0.2) is 9.37 Å². The van der Waals surface area contributed by atoms with Crippen LogP contribution in [0.15, 0.2) is 109 Å². The molecule has 4 aromatic carbocycles. The fraction of sp³-hybridized carbons (Fsp3) is 0.476. The van der Waals surface area contributed by atoms with Crippen LogP contribution < -0.4 is 90.6 Å². The van der Waals surface area contributed by atoms with Gasteiger partial charge in [0.2, 0.25) is 88.6 Å². The number of ether oxygens (including phenoxy) is 1. The number of nitrogens with one attached hydrogen (secondary N) is 16. The number of rotatable bonds is 54. The molecule has 686 valence electrons. The number of imidazole rings is 1. The average Bonchev–Trinajstić information content (AvgIpc) is 1.73. The van der Waals surface area contributed by atoms with Crippen LogP contribution in [0.25, 0.3) is 21.6 Å². The molecule has 15 amide bonds. The minimum absolute atomic E-state index is 0.0122. The van der Waals surface area contributed by atoms with E-state index in [0.717, 1.165) is 49.1 Å². The maximum Gasteiger partial charge on any atom is 0.246 e. The third-order valence-electron chi connectivity index (χ3n) is 20.0. The van der Waals surface area contributed by atoms with Crippen molar-refractivity contribution in [3.05, 3.63) is 159 Å². The van der Waals surface area contributed by atoms with Crippen LogP contribution in [-0.2, 0) is 117 Å². The van der Waals surface area contributed by atoms with Crippen LogP contribution in [0.4, 0.5) is 4.39 Å². The summed E-state index contributed by atoms with van der Waals surface area (Å²) in [7, 11) is 0. The van der Waals surface area contributed by atoms with E-state index in [-0.39, 0.29) is 50.3 Å². The molecule has 0 fully saturated rings. The highest BCUT2D eigenvalue weighted by atomic mass is 19.1. The Morgan fingerprint density at radius 1 is 0.598 bits per heavy atom. The third kappa shape index (κ3) is 33.6. The summed E-state index contributed by atoms with van der Waals surface area (Å²) in [5.41, 5.74) is 20.7. The molecule has 0 aliphatic heterocycles. The van der Waals surface area contributed by atoms with Gasteiger partial charge >= 0.3 is 0 Å². The van der Waals surface area contributed by atoms with Crippen molar-refractivity contribution >= 4 is 88.6 Å². The van der Waals surface area contributed by atoms with Gasteiger partial charge in [-0.3, -0.25) is 71.9 Å². The van der Waals surface area contributed by atoms with E-state index in [2.05, 4.69) is 115 Å². The highest BCUT2D eigenvalue weighted by Crippen LogP contribution is 2.29. The van der Waals surface area contributed by atoms with Crippen molar-refractivity contribution in [1.29, 1.82) is 0 Å². The molecule has 0 unspecified atom stereocenters. The Labute approximate surface area is 729 Å². The first-order valence-corrected chi connectivity index (χ1v) is 40.9. The van der Waals surface area contributed by atoms with Crippen molar-refractivity contribution in [2.45, 2.75) is 186 Å². The molecule has 0 saturated heterocycles. The van der Waals surface area contributed by atoms with E-state index in [0.29, 0.717) is 74.2 Å². The number of hydrogen-bond acceptors (Lipinski definition) is 25. The van der Waals surface area contributed by atoms with Crippen LogP contribution in [0.2, 0.25) is 0 Å². The monoisotopic (exact) mass is 1770 g/mol. The number of aliphatic hydroxyl groups excluding tert-OH is 3.